The Morgan fingerprint density at radius 1 is 1.60 bits per heavy atom. The molecule has 0 aromatic carbocycles. The van der Waals surface area contributed by atoms with Gasteiger partial charge in [0.25, 0.3) is 0 Å². The van der Waals surface area contributed by atoms with Crippen LogP contribution in [0.15, 0.2) is 16.8 Å². The summed E-state index contributed by atoms with van der Waals surface area (Å²) >= 11 is 5.23. The molecule has 1 aliphatic rings. The van der Waals surface area contributed by atoms with Gasteiger partial charge in [0, 0.05) is 10.9 Å². The number of rotatable bonds is 3. The molecule has 1 amide bonds. The fraction of sp³-hybridized carbons (Fsp3) is 0.545. The fourth-order valence-electron chi connectivity index (χ4n) is 1.91. The van der Waals surface area contributed by atoms with E-state index in [2.05, 4.69) is 21.2 Å². The molecule has 15 heavy (non-hydrogen) atoms. The number of hydrogen-bond acceptors (Lipinski definition) is 2. The van der Waals surface area contributed by atoms with Gasteiger partial charge in [-0.25, -0.2) is 0 Å². The van der Waals surface area contributed by atoms with E-state index in [0.29, 0.717) is 17.3 Å². The fourth-order valence-corrected chi connectivity index (χ4v) is 3.30. The van der Waals surface area contributed by atoms with Gasteiger partial charge in [-0.3, -0.25) is 4.79 Å². The molecule has 0 bridgehead atoms. The summed E-state index contributed by atoms with van der Waals surface area (Å²) in [5.41, 5.74) is 1.11. The number of halogens is 1. The number of carbonyl (C=O) groups excluding carboxylic acids is 1. The highest BCUT2D eigenvalue weighted by Gasteiger charge is 2.25. The van der Waals surface area contributed by atoms with E-state index < -0.39 is 0 Å². The Balaban J connectivity index is 1.82. The third-order valence-corrected chi connectivity index (χ3v) is 4.55. The van der Waals surface area contributed by atoms with Crippen LogP contribution < -0.4 is 5.32 Å². The third-order valence-electron chi connectivity index (χ3n) is 2.72. The summed E-state index contributed by atoms with van der Waals surface area (Å²) in [6.07, 6.45) is 3.99. The summed E-state index contributed by atoms with van der Waals surface area (Å²) in [5.74, 6) is 0.143. The minimum absolute atomic E-state index is 0.143. The molecule has 0 aliphatic heterocycles. The van der Waals surface area contributed by atoms with Crippen molar-refractivity contribution in [3.63, 3.8) is 0 Å². The summed E-state index contributed by atoms with van der Waals surface area (Å²) in [6, 6.07) is 2.33. The summed E-state index contributed by atoms with van der Waals surface area (Å²) in [4.78, 5) is 12.1. The molecule has 1 aromatic heterocycles. The van der Waals surface area contributed by atoms with Gasteiger partial charge < -0.3 is 5.32 Å². The van der Waals surface area contributed by atoms with Crippen molar-refractivity contribution in [2.24, 2.45) is 0 Å². The quantitative estimate of drug-likeness (QED) is 0.851. The SMILES string of the molecule is O=C(Cc1ccsc1)NC1CCCC1Br. The van der Waals surface area contributed by atoms with Crippen LogP contribution in [0.2, 0.25) is 0 Å². The molecule has 2 rings (SSSR count). The van der Waals surface area contributed by atoms with Gasteiger partial charge in [0.2, 0.25) is 5.91 Å². The Bertz CT molecular complexity index is 325. The molecule has 1 aromatic rings. The highest BCUT2D eigenvalue weighted by molar-refractivity contribution is 9.09. The minimum atomic E-state index is 0.143. The molecule has 1 heterocycles. The largest absolute Gasteiger partial charge is 0.352 e. The molecule has 0 spiro atoms. The van der Waals surface area contributed by atoms with Crippen molar-refractivity contribution in [3.8, 4) is 0 Å². The van der Waals surface area contributed by atoms with E-state index in [1.54, 1.807) is 11.3 Å². The van der Waals surface area contributed by atoms with Gasteiger partial charge in [-0.1, -0.05) is 22.4 Å². The van der Waals surface area contributed by atoms with Crippen molar-refractivity contribution < 1.29 is 4.79 Å². The molecule has 82 valence electrons. The van der Waals surface area contributed by atoms with E-state index in [-0.39, 0.29) is 5.91 Å². The Kier molecular flexibility index (Phi) is 3.81. The van der Waals surface area contributed by atoms with Crippen LogP contribution in [0.3, 0.4) is 0 Å². The zero-order valence-electron chi connectivity index (χ0n) is 8.41. The lowest BCUT2D eigenvalue weighted by atomic mass is 10.2. The molecule has 1 aliphatic carbocycles. The highest BCUT2D eigenvalue weighted by Crippen LogP contribution is 2.25. The second-order valence-corrected chi connectivity index (χ2v) is 5.89. The monoisotopic (exact) mass is 287 g/mol. The number of thiophene rings is 1. The maximum atomic E-state index is 11.7. The Morgan fingerprint density at radius 3 is 3.07 bits per heavy atom. The first-order valence-corrected chi connectivity index (χ1v) is 7.06. The molecule has 4 heteroatoms. The van der Waals surface area contributed by atoms with Crippen LogP contribution in [0, 0.1) is 0 Å². The van der Waals surface area contributed by atoms with Gasteiger partial charge in [0.05, 0.1) is 6.42 Å². The highest BCUT2D eigenvalue weighted by atomic mass is 79.9. The number of amides is 1. The van der Waals surface area contributed by atoms with Crippen molar-refractivity contribution >= 4 is 33.2 Å². The van der Waals surface area contributed by atoms with Crippen molar-refractivity contribution in [2.45, 2.75) is 36.6 Å². The normalized spacial score (nSPS) is 25.4. The maximum absolute atomic E-state index is 11.7. The van der Waals surface area contributed by atoms with Gasteiger partial charge in [-0.15, -0.1) is 0 Å². The lowest BCUT2D eigenvalue weighted by Crippen LogP contribution is -2.38. The first-order valence-electron chi connectivity index (χ1n) is 5.20. The van der Waals surface area contributed by atoms with Gasteiger partial charge in [0.1, 0.15) is 0 Å². The van der Waals surface area contributed by atoms with Crippen molar-refractivity contribution in [1.29, 1.82) is 0 Å². The average Bonchev–Trinajstić information content (AvgIpc) is 2.79. The molecule has 2 atom stereocenters. The van der Waals surface area contributed by atoms with Crippen molar-refractivity contribution in [2.75, 3.05) is 0 Å². The summed E-state index contributed by atoms with van der Waals surface area (Å²) in [6.45, 7) is 0. The second-order valence-electron chi connectivity index (χ2n) is 3.93. The van der Waals surface area contributed by atoms with Gasteiger partial charge in [0.15, 0.2) is 0 Å². The molecule has 1 N–H and O–H groups in total. The van der Waals surface area contributed by atoms with Crippen molar-refractivity contribution in [1.82, 2.24) is 5.32 Å². The molecule has 1 fully saturated rings. The second kappa shape index (κ2) is 5.12. The van der Waals surface area contributed by atoms with Crippen LogP contribution in [-0.4, -0.2) is 16.8 Å². The topological polar surface area (TPSA) is 29.1 Å². The van der Waals surface area contributed by atoms with Crippen LogP contribution in [0.5, 0.6) is 0 Å². The lowest BCUT2D eigenvalue weighted by Gasteiger charge is -2.15. The molecular formula is C11H14BrNOS. The summed E-state index contributed by atoms with van der Waals surface area (Å²) in [5, 5.41) is 7.12. The minimum Gasteiger partial charge on any atom is -0.352 e. The number of hydrogen-bond donors (Lipinski definition) is 1. The number of nitrogens with one attached hydrogen (secondary N) is 1. The van der Waals surface area contributed by atoms with E-state index >= 15 is 0 Å². The molecule has 2 nitrogen and oxygen atoms in total. The molecular weight excluding hydrogens is 274 g/mol. The van der Waals surface area contributed by atoms with Crippen LogP contribution in [-0.2, 0) is 11.2 Å². The Labute approximate surface area is 102 Å². The molecule has 1 saturated carbocycles. The van der Waals surface area contributed by atoms with Crippen LogP contribution >= 0.6 is 27.3 Å². The lowest BCUT2D eigenvalue weighted by molar-refractivity contribution is -0.121. The zero-order chi connectivity index (χ0) is 10.7. The van der Waals surface area contributed by atoms with Gasteiger partial charge in [-0.05, 0) is 35.2 Å². The Morgan fingerprint density at radius 2 is 2.47 bits per heavy atom. The van der Waals surface area contributed by atoms with Crippen molar-refractivity contribution in [3.05, 3.63) is 22.4 Å². The third kappa shape index (κ3) is 3.05. The summed E-state index contributed by atoms with van der Waals surface area (Å²) < 4.78 is 0. The van der Waals surface area contributed by atoms with Crippen LogP contribution in [0.1, 0.15) is 24.8 Å². The first-order chi connectivity index (χ1) is 7.25. The average molecular weight is 288 g/mol. The zero-order valence-corrected chi connectivity index (χ0v) is 10.8. The van der Waals surface area contributed by atoms with Crippen LogP contribution in [0.25, 0.3) is 0 Å². The van der Waals surface area contributed by atoms with E-state index in [0.717, 1.165) is 12.0 Å². The van der Waals surface area contributed by atoms with E-state index in [9.17, 15) is 4.79 Å². The first kappa shape index (κ1) is 11.1. The number of carbonyl (C=O) groups is 1. The smallest absolute Gasteiger partial charge is 0.224 e. The van der Waals surface area contributed by atoms with Crippen LogP contribution in [0.4, 0.5) is 0 Å². The molecule has 0 saturated heterocycles. The maximum Gasteiger partial charge on any atom is 0.224 e. The summed E-state index contributed by atoms with van der Waals surface area (Å²) in [7, 11) is 0. The Hall–Kier alpha value is -0.350. The van der Waals surface area contributed by atoms with E-state index in [4.69, 9.17) is 0 Å². The molecule has 2 unspecified atom stereocenters. The van der Waals surface area contributed by atoms with E-state index in [1.165, 1.54) is 12.8 Å². The number of alkyl halides is 1. The van der Waals surface area contributed by atoms with E-state index in [1.807, 2.05) is 16.8 Å². The standard InChI is InChI=1S/C11H14BrNOS/c12-9-2-1-3-10(9)13-11(14)6-8-4-5-15-7-8/h4-5,7,9-10H,1-3,6H2,(H,13,14). The van der Waals surface area contributed by atoms with Gasteiger partial charge >= 0.3 is 0 Å². The van der Waals surface area contributed by atoms with Gasteiger partial charge in [-0.2, -0.15) is 11.3 Å². The predicted octanol–water partition coefficient (Wildman–Crippen LogP) is 2.72. The predicted molar refractivity (Wildman–Crippen MR) is 66.5 cm³/mol. The molecule has 0 radical (unpaired) electrons.